The molecule has 2 unspecified atom stereocenters. The van der Waals surface area contributed by atoms with Crippen molar-refractivity contribution in [3.05, 3.63) is 185 Å². The zero-order chi connectivity index (χ0) is 35.5. The third-order valence-corrected chi connectivity index (χ3v) is 11.4. The van der Waals surface area contributed by atoms with E-state index in [1.807, 2.05) is 25.1 Å². The lowest BCUT2D eigenvalue weighted by Gasteiger charge is -2.37. The highest BCUT2D eigenvalue weighted by atomic mass is 15.1. The molecule has 2 atom stereocenters. The molecule has 8 rings (SSSR count). The number of benzene rings is 4. The van der Waals surface area contributed by atoms with Crippen LogP contribution in [0.4, 0.5) is 0 Å². The first kappa shape index (κ1) is 33.4. The Labute approximate surface area is 308 Å². The van der Waals surface area contributed by atoms with Gasteiger partial charge in [0.25, 0.3) is 0 Å². The highest BCUT2D eigenvalue weighted by molar-refractivity contribution is 6.00. The van der Waals surface area contributed by atoms with Crippen LogP contribution in [0.5, 0.6) is 0 Å². The molecule has 1 aliphatic heterocycles. The predicted molar refractivity (Wildman–Crippen MR) is 217 cm³/mol. The molecule has 0 saturated heterocycles. The van der Waals surface area contributed by atoms with Crippen LogP contribution < -0.4 is 5.32 Å². The van der Waals surface area contributed by atoms with Gasteiger partial charge in [-0.2, -0.15) is 5.26 Å². The lowest BCUT2D eigenvalue weighted by Crippen LogP contribution is -2.35. The van der Waals surface area contributed by atoms with E-state index in [0.717, 1.165) is 48.2 Å². The lowest BCUT2D eigenvalue weighted by molar-refractivity contribution is 0.353. The number of hydrogen-bond acceptors (Lipinski definition) is 3. The minimum Gasteiger partial charge on any atom is -0.363 e. The van der Waals surface area contributed by atoms with E-state index in [4.69, 9.17) is 4.99 Å². The summed E-state index contributed by atoms with van der Waals surface area (Å²) in [6.07, 6.45) is 24.8. The summed E-state index contributed by atoms with van der Waals surface area (Å²) < 4.78 is 0. The zero-order valence-corrected chi connectivity index (χ0v) is 30.0. The number of aliphatic imine (C=N–C) groups is 1. The van der Waals surface area contributed by atoms with Gasteiger partial charge < -0.3 is 5.32 Å². The molecule has 3 aliphatic carbocycles. The molecule has 52 heavy (non-hydrogen) atoms. The topological polar surface area (TPSA) is 48.2 Å². The van der Waals surface area contributed by atoms with Crippen LogP contribution in [-0.4, -0.2) is 11.9 Å². The highest BCUT2D eigenvalue weighted by Crippen LogP contribution is 2.58. The fraction of sp³-hybridized carbons (Fsp3) is 0.224. The average Bonchev–Trinajstić information content (AvgIpc) is 3.47. The Morgan fingerprint density at radius 2 is 1.73 bits per heavy atom. The van der Waals surface area contributed by atoms with Crippen LogP contribution in [-0.2, 0) is 11.8 Å². The second-order valence-electron chi connectivity index (χ2n) is 14.5. The van der Waals surface area contributed by atoms with Crippen molar-refractivity contribution in [2.24, 2.45) is 10.9 Å². The van der Waals surface area contributed by atoms with E-state index < -0.39 is 0 Å². The largest absolute Gasteiger partial charge is 0.363 e. The number of hydrogen-bond donors (Lipinski definition) is 1. The maximum absolute atomic E-state index is 9.79. The van der Waals surface area contributed by atoms with Gasteiger partial charge in [0.15, 0.2) is 0 Å². The number of nitrogens with one attached hydrogen (secondary N) is 1. The van der Waals surface area contributed by atoms with Crippen LogP contribution in [0.1, 0.15) is 73.3 Å². The first-order valence-electron chi connectivity index (χ1n) is 18.8. The van der Waals surface area contributed by atoms with Gasteiger partial charge in [-0.1, -0.05) is 147 Å². The van der Waals surface area contributed by atoms with Crippen LogP contribution in [0, 0.1) is 17.2 Å². The van der Waals surface area contributed by atoms with Crippen LogP contribution in [0.2, 0.25) is 0 Å². The Hall–Kier alpha value is -5.72. The van der Waals surface area contributed by atoms with E-state index in [2.05, 4.69) is 139 Å². The molecule has 256 valence electrons. The minimum absolute atomic E-state index is 0.0272. The van der Waals surface area contributed by atoms with Crippen molar-refractivity contribution in [3.63, 3.8) is 0 Å². The molecule has 4 aromatic rings. The summed E-state index contributed by atoms with van der Waals surface area (Å²) in [6, 6.07) is 35.4. The number of rotatable bonds is 8. The number of fused-ring (bicyclic) bond motifs is 5. The van der Waals surface area contributed by atoms with Crippen molar-refractivity contribution >= 4 is 11.3 Å². The zero-order valence-electron chi connectivity index (χ0n) is 30.0. The monoisotopic (exact) mass is 675 g/mol. The average molecular weight is 676 g/mol. The molecule has 3 nitrogen and oxygen atoms in total. The van der Waals surface area contributed by atoms with Gasteiger partial charge >= 0.3 is 0 Å². The van der Waals surface area contributed by atoms with E-state index in [1.54, 1.807) is 0 Å². The first-order chi connectivity index (χ1) is 25.6. The fourth-order valence-electron chi connectivity index (χ4n) is 8.85. The molecule has 0 amide bonds. The highest BCUT2D eigenvalue weighted by Gasteiger charge is 2.45. The molecule has 4 aromatic carbocycles. The van der Waals surface area contributed by atoms with Crippen molar-refractivity contribution in [3.8, 4) is 28.3 Å². The number of allylic oxidation sites excluding steroid dienone is 9. The van der Waals surface area contributed by atoms with Gasteiger partial charge in [-0.25, -0.2) is 0 Å². The van der Waals surface area contributed by atoms with Crippen molar-refractivity contribution in [2.75, 3.05) is 0 Å². The Morgan fingerprint density at radius 3 is 2.46 bits per heavy atom. The molecule has 1 spiro atoms. The van der Waals surface area contributed by atoms with Gasteiger partial charge in [0.05, 0.1) is 11.6 Å². The molecule has 1 saturated carbocycles. The summed E-state index contributed by atoms with van der Waals surface area (Å²) in [5, 5.41) is 13.5. The van der Waals surface area contributed by atoms with Crippen molar-refractivity contribution in [2.45, 2.75) is 63.5 Å². The molecule has 3 heteroatoms. The van der Waals surface area contributed by atoms with Crippen LogP contribution >= 0.6 is 0 Å². The SMILES string of the molecule is C=C/C(=C\C=C/C)C1N=C(C2C=CC(c3ccccc3)=CC2)C=C(Cc2ccc(-c3cccc4c3C3(CCCCC3)c3cc(C#N)ccc3-4)cc2)N1. The van der Waals surface area contributed by atoms with Crippen molar-refractivity contribution in [1.29, 1.82) is 5.26 Å². The molecule has 0 aromatic heterocycles. The van der Waals surface area contributed by atoms with E-state index in [0.29, 0.717) is 0 Å². The number of nitriles is 1. The minimum atomic E-state index is -0.197. The second-order valence-corrected chi connectivity index (χ2v) is 14.5. The Kier molecular flexibility index (Phi) is 9.31. The summed E-state index contributed by atoms with van der Waals surface area (Å²) in [6.45, 7) is 6.16. The third-order valence-electron chi connectivity index (χ3n) is 11.4. The van der Waals surface area contributed by atoms with Gasteiger partial charge in [-0.05, 0) is 100 Å². The van der Waals surface area contributed by atoms with Crippen LogP contribution in [0.25, 0.3) is 27.8 Å². The summed E-state index contributed by atoms with van der Waals surface area (Å²) in [5.74, 6) is 0.211. The summed E-state index contributed by atoms with van der Waals surface area (Å²) in [5.41, 5.74) is 15.8. The van der Waals surface area contributed by atoms with Crippen molar-refractivity contribution in [1.82, 2.24) is 5.32 Å². The standard InChI is InChI=1S/C49H45N3/c1-3-5-13-36(4-2)48-51-41(32-46(52-48)40-25-23-38(24-26-40)37-14-8-6-9-15-37)30-34-18-21-39(22-19-34)42-16-12-17-44-43-27-20-35(33-50)31-45(43)49(47(42)44)28-10-7-11-29-49/h3-6,8-9,12-25,27,31-32,40,48,51H,2,7,10-11,26,28-30H2,1H3/b5-3-,36-13+. The van der Waals surface area contributed by atoms with Gasteiger partial charge in [0, 0.05) is 29.2 Å². The molecule has 1 heterocycles. The first-order valence-corrected chi connectivity index (χ1v) is 18.8. The van der Waals surface area contributed by atoms with Crippen molar-refractivity contribution < 1.29 is 0 Å². The molecule has 1 fully saturated rings. The second kappa shape index (κ2) is 14.5. The van der Waals surface area contributed by atoms with Gasteiger partial charge in [0.2, 0.25) is 0 Å². The smallest absolute Gasteiger partial charge is 0.144 e. The Morgan fingerprint density at radius 1 is 0.923 bits per heavy atom. The van der Waals surface area contributed by atoms with Crippen LogP contribution in [0.15, 0.2) is 162 Å². The molecule has 0 radical (unpaired) electrons. The van der Waals surface area contributed by atoms with E-state index in [1.165, 1.54) is 69.3 Å². The molecular formula is C49H45N3. The van der Waals surface area contributed by atoms with E-state index >= 15 is 0 Å². The van der Waals surface area contributed by atoms with Gasteiger partial charge in [-0.3, -0.25) is 4.99 Å². The number of nitrogens with zero attached hydrogens (tertiary/aromatic N) is 2. The van der Waals surface area contributed by atoms with Crippen LogP contribution in [0.3, 0.4) is 0 Å². The molecule has 1 N–H and O–H groups in total. The molecule has 0 bridgehead atoms. The lowest BCUT2D eigenvalue weighted by atomic mass is 9.66. The Balaban J connectivity index is 1.09. The maximum Gasteiger partial charge on any atom is 0.144 e. The maximum atomic E-state index is 9.79. The summed E-state index contributed by atoms with van der Waals surface area (Å²) in [4.78, 5) is 5.23. The molecule has 4 aliphatic rings. The summed E-state index contributed by atoms with van der Waals surface area (Å²) in [7, 11) is 0. The summed E-state index contributed by atoms with van der Waals surface area (Å²) >= 11 is 0. The predicted octanol–water partition coefficient (Wildman–Crippen LogP) is 11.6. The third kappa shape index (κ3) is 6.24. The van der Waals surface area contributed by atoms with E-state index in [9.17, 15) is 5.26 Å². The van der Waals surface area contributed by atoms with E-state index in [-0.39, 0.29) is 17.5 Å². The normalized spacial score (nSPS) is 20.3. The van der Waals surface area contributed by atoms with Gasteiger partial charge in [-0.15, -0.1) is 0 Å². The van der Waals surface area contributed by atoms with Gasteiger partial charge in [0.1, 0.15) is 6.17 Å². The molecular weight excluding hydrogens is 631 g/mol. The Bertz CT molecular complexity index is 2230. The fourth-order valence-corrected chi connectivity index (χ4v) is 8.85. The quantitative estimate of drug-likeness (QED) is 0.189.